The van der Waals surface area contributed by atoms with Crippen molar-refractivity contribution in [1.29, 1.82) is 0 Å². The molecule has 1 atom stereocenters. The molecule has 0 saturated heterocycles. The first-order chi connectivity index (χ1) is 11.5. The van der Waals surface area contributed by atoms with Crippen LogP contribution in [0, 0.1) is 20.8 Å². The molecule has 3 nitrogen and oxygen atoms in total. The summed E-state index contributed by atoms with van der Waals surface area (Å²) in [6, 6.07) is 14.5. The maximum Gasteiger partial charge on any atom is 0.260 e. The van der Waals surface area contributed by atoms with Gasteiger partial charge in [-0.2, -0.15) is 0 Å². The number of hydrogen-bond acceptors (Lipinski definition) is 2. The van der Waals surface area contributed by atoms with Gasteiger partial charge in [0.1, 0.15) is 5.75 Å². The molecule has 0 radical (unpaired) electrons. The van der Waals surface area contributed by atoms with Gasteiger partial charge in [0.25, 0.3) is 5.91 Å². The van der Waals surface area contributed by atoms with Gasteiger partial charge < -0.3 is 10.1 Å². The number of aryl methyl sites for hydroxylation is 4. The van der Waals surface area contributed by atoms with Crippen LogP contribution in [0.4, 0.5) is 0 Å². The van der Waals surface area contributed by atoms with Crippen LogP contribution in [-0.2, 0) is 11.2 Å². The molecule has 0 aliphatic carbocycles. The molecule has 0 heterocycles. The molecule has 0 spiro atoms. The standard InChI is InChI=1S/C21H27NO2/c1-15-7-5-8-19(13-15)9-6-12-22-21(23)18(4)24-20-14-16(2)10-11-17(20)3/h5,7-8,10-11,13-14,18H,6,9,12H2,1-4H3,(H,22,23)/t18-/m1/s1. The molecular formula is C21H27NO2. The van der Waals surface area contributed by atoms with Gasteiger partial charge in [-0.3, -0.25) is 4.79 Å². The second-order valence-corrected chi connectivity index (χ2v) is 6.41. The van der Waals surface area contributed by atoms with Gasteiger partial charge in [-0.15, -0.1) is 0 Å². The number of ether oxygens (including phenoxy) is 1. The zero-order chi connectivity index (χ0) is 17.5. The fourth-order valence-corrected chi connectivity index (χ4v) is 2.59. The van der Waals surface area contributed by atoms with E-state index in [1.54, 1.807) is 6.92 Å². The molecule has 24 heavy (non-hydrogen) atoms. The van der Waals surface area contributed by atoms with E-state index < -0.39 is 6.10 Å². The Labute approximate surface area is 145 Å². The van der Waals surface area contributed by atoms with Crippen LogP contribution < -0.4 is 10.1 Å². The summed E-state index contributed by atoms with van der Waals surface area (Å²) in [6.45, 7) is 8.55. The van der Waals surface area contributed by atoms with E-state index in [1.807, 2.05) is 32.0 Å². The lowest BCUT2D eigenvalue weighted by Gasteiger charge is -2.16. The number of amides is 1. The number of carbonyl (C=O) groups excluding carboxylic acids is 1. The van der Waals surface area contributed by atoms with Gasteiger partial charge in [0.05, 0.1) is 0 Å². The molecule has 2 aromatic rings. The van der Waals surface area contributed by atoms with Gasteiger partial charge in [0, 0.05) is 6.54 Å². The molecule has 0 unspecified atom stereocenters. The van der Waals surface area contributed by atoms with Crippen molar-refractivity contribution in [2.24, 2.45) is 0 Å². The lowest BCUT2D eigenvalue weighted by molar-refractivity contribution is -0.127. The second-order valence-electron chi connectivity index (χ2n) is 6.41. The molecular weight excluding hydrogens is 298 g/mol. The largest absolute Gasteiger partial charge is 0.481 e. The summed E-state index contributed by atoms with van der Waals surface area (Å²) < 4.78 is 5.81. The van der Waals surface area contributed by atoms with E-state index in [0.717, 1.165) is 29.7 Å². The SMILES string of the molecule is Cc1cccc(CCCNC(=O)[C@@H](C)Oc2cc(C)ccc2C)c1. The Morgan fingerprint density at radius 3 is 2.58 bits per heavy atom. The van der Waals surface area contributed by atoms with Gasteiger partial charge in [-0.25, -0.2) is 0 Å². The normalized spacial score (nSPS) is 11.8. The van der Waals surface area contributed by atoms with E-state index in [-0.39, 0.29) is 5.91 Å². The van der Waals surface area contributed by atoms with Crippen molar-refractivity contribution in [1.82, 2.24) is 5.32 Å². The average Bonchev–Trinajstić information content (AvgIpc) is 2.55. The van der Waals surface area contributed by atoms with Crippen molar-refractivity contribution in [3.8, 4) is 5.75 Å². The topological polar surface area (TPSA) is 38.3 Å². The average molecular weight is 325 g/mol. The Morgan fingerprint density at radius 1 is 1.08 bits per heavy atom. The first kappa shape index (κ1) is 18.1. The van der Waals surface area contributed by atoms with Crippen LogP contribution in [0.15, 0.2) is 42.5 Å². The van der Waals surface area contributed by atoms with Gasteiger partial charge in [-0.05, 0) is 63.3 Å². The number of nitrogens with one attached hydrogen (secondary N) is 1. The summed E-state index contributed by atoms with van der Waals surface area (Å²) in [7, 11) is 0. The lowest BCUT2D eigenvalue weighted by atomic mass is 10.1. The van der Waals surface area contributed by atoms with Crippen molar-refractivity contribution in [2.75, 3.05) is 6.54 Å². The smallest absolute Gasteiger partial charge is 0.260 e. The molecule has 2 rings (SSSR count). The number of rotatable bonds is 7. The summed E-state index contributed by atoms with van der Waals surface area (Å²) >= 11 is 0. The number of hydrogen-bond donors (Lipinski definition) is 1. The van der Waals surface area contributed by atoms with Gasteiger partial charge in [0.15, 0.2) is 6.10 Å². The maximum absolute atomic E-state index is 12.2. The predicted molar refractivity (Wildman–Crippen MR) is 98.5 cm³/mol. The highest BCUT2D eigenvalue weighted by atomic mass is 16.5. The zero-order valence-corrected chi connectivity index (χ0v) is 15.1. The summed E-state index contributed by atoms with van der Waals surface area (Å²) in [5.41, 5.74) is 4.75. The van der Waals surface area contributed by atoms with Crippen LogP contribution >= 0.6 is 0 Å². The van der Waals surface area contributed by atoms with Crippen molar-refractivity contribution < 1.29 is 9.53 Å². The highest BCUT2D eigenvalue weighted by Gasteiger charge is 2.15. The van der Waals surface area contributed by atoms with Crippen LogP contribution in [0.25, 0.3) is 0 Å². The summed E-state index contributed by atoms with van der Waals surface area (Å²) in [5.74, 6) is 0.706. The van der Waals surface area contributed by atoms with Crippen molar-refractivity contribution in [2.45, 2.75) is 46.6 Å². The third-order valence-electron chi connectivity index (χ3n) is 4.04. The Hall–Kier alpha value is -2.29. The first-order valence-electron chi connectivity index (χ1n) is 8.53. The van der Waals surface area contributed by atoms with Crippen LogP contribution in [0.1, 0.15) is 35.6 Å². The molecule has 2 aromatic carbocycles. The molecule has 1 N–H and O–H groups in total. The molecule has 0 aliphatic rings. The fraction of sp³-hybridized carbons (Fsp3) is 0.381. The van der Waals surface area contributed by atoms with E-state index >= 15 is 0 Å². The highest BCUT2D eigenvalue weighted by Crippen LogP contribution is 2.20. The minimum absolute atomic E-state index is 0.0693. The van der Waals surface area contributed by atoms with Gasteiger partial charge >= 0.3 is 0 Å². The second kappa shape index (κ2) is 8.53. The summed E-state index contributed by atoms with van der Waals surface area (Å²) in [5, 5.41) is 2.96. The lowest BCUT2D eigenvalue weighted by Crippen LogP contribution is -2.37. The maximum atomic E-state index is 12.2. The first-order valence-corrected chi connectivity index (χ1v) is 8.53. The van der Waals surface area contributed by atoms with Crippen molar-refractivity contribution >= 4 is 5.91 Å². The van der Waals surface area contributed by atoms with Crippen molar-refractivity contribution in [3.05, 3.63) is 64.7 Å². The van der Waals surface area contributed by atoms with Crippen LogP contribution in [-0.4, -0.2) is 18.6 Å². The van der Waals surface area contributed by atoms with Crippen LogP contribution in [0.3, 0.4) is 0 Å². The third kappa shape index (κ3) is 5.41. The fourth-order valence-electron chi connectivity index (χ4n) is 2.59. The Bertz CT molecular complexity index is 694. The zero-order valence-electron chi connectivity index (χ0n) is 15.1. The van der Waals surface area contributed by atoms with E-state index in [0.29, 0.717) is 6.54 Å². The molecule has 128 valence electrons. The van der Waals surface area contributed by atoms with Gasteiger partial charge in [-0.1, -0.05) is 42.0 Å². The molecule has 1 amide bonds. The predicted octanol–water partition coefficient (Wildman–Crippen LogP) is 4.13. The van der Waals surface area contributed by atoms with E-state index in [9.17, 15) is 4.79 Å². The van der Waals surface area contributed by atoms with Crippen LogP contribution in [0.5, 0.6) is 5.75 Å². The van der Waals surface area contributed by atoms with E-state index in [4.69, 9.17) is 4.74 Å². The van der Waals surface area contributed by atoms with E-state index in [2.05, 4.69) is 36.5 Å². The number of benzene rings is 2. The van der Waals surface area contributed by atoms with Crippen molar-refractivity contribution in [3.63, 3.8) is 0 Å². The summed E-state index contributed by atoms with van der Waals surface area (Å²) in [4.78, 5) is 12.2. The molecule has 0 saturated carbocycles. The molecule has 3 heteroatoms. The Kier molecular flexibility index (Phi) is 6.42. The van der Waals surface area contributed by atoms with Gasteiger partial charge in [0.2, 0.25) is 0 Å². The highest BCUT2D eigenvalue weighted by molar-refractivity contribution is 5.80. The quantitative estimate of drug-likeness (QED) is 0.777. The monoisotopic (exact) mass is 325 g/mol. The Morgan fingerprint density at radius 2 is 1.83 bits per heavy atom. The third-order valence-corrected chi connectivity index (χ3v) is 4.04. The molecule has 0 fully saturated rings. The Balaban J connectivity index is 1.76. The van der Waals surface area contributed by atoms with Crippen LogP contribution in [0.2, 0.25) is 0 Å². The summed E-state index contributed by atoms with van der Waals surface area (Å²) in [6.07, 6.45) is 1.39. The van der Waals surface area contributed by atoms with E-state index in [1.165, 1.54) is 11.1 Å². The molecule has 0 aliphatic heterocycles. The molecule has 0 bridgehead atoms. The minimum Gasteiger partial charge on any atom is -0.481 e. The molecule has 0 aromatic heterocycles. The minimum atomic E-state index is -0.496. The number of carbonyl (C=O) groups is 1.